The van der Waals surface area contributed by atoms with Gasteiger partial charge in [0.25, 0.3) is 5.91 Å². The Morgan fingerprint density at radius 3 is 2.74 bits per heavy atom. The molecule has 1 amide bonds. The molecule has 0 aliphatic heterocycles. The van der Waals surface area contributed by atoms with Gasteiger partial charge in [-0.3, -0.25) is 4.79 Å². The summed E-state index contributed by atoms with van der Waals surface area (Å²) in [6.07, 6.45) is 0. The van der Waals surface area contributed by atoms with Gasteiger partial charge >= 0.3 is 0 Å². The van der Waals surface area contributed by atoms with Crippen LogP contribution in [-0.2, 0) is 0 Å². The van der Waals surface area contributed by atoms with Crippen molar-refractivity contribution in [1.29, 1.82) is 0 Å². The van der Waals surface area contributed by atoms with Gasteiger partial charge in [0.1, 0.15) is 22.1 Å². The van der Waals surface area contributed by atoms with Crippen LogP contribution < -0.4 is 5.73 Å². The molecule has 0 unspecified atom stereocenters. The number of nitrogens with zero attached hydrogens (tertiary/aromatic N) is 3. The summed E-state index contributed by atoms with van der Waals surface area (Å²) >= 11 is 3.02. The zero-order valence-corrected chi connectivity index (χ0v) is 11.2. The first-order valence-electron chi connectivity index (χ1n) is 5.35. The summed E-state index contributed by atoms with van der Waals surface area (Å²) in [5.41, 5.74) is 9.42. The number of thiazole rings is 2. The van der Waals surface area contributed by atoms with Crippen LogP contribution >= 0.6 is 22.7 Å². The van der Waals surface area contributed by atoms with E-state index in [1.54, 1.807) is 23.7 Å². The summed E-state index contributed by atoms with van der Waals surface area (Å²) in [5.74, 6) is -0.545. The van der Waals surface area contributed by atoms with Gasteiger partial charge in [-0.25, -0.2) is 15.0 Å². The van der Waals surface area contributed by atoms with E-state index in [-0.39, 0.29) is 5.69 Å². The van der Waals surface area contributed by atoms with Gasteiger partial charge in [0.05, 0.1) is 11.2 Å². The Balaban J connectivity index is 1.99. The van der Waals surface area contributed by atoms with Gasteiger partial charge in [-0.1, -0.05) is 6.07 Å². The zero-order valence-electron chi connectivity index (χ0n) is 9.61. The molecule has 0 saturated carbocycles. The lowest BCUT2D eigenvalue weighted by Gasteiger charge is -1.98. The molecule has 3 heterocycles. The van der Waals surface area contributed by atoms with E-state index < -0.39 is 5.91 Å². The molecule has 0 aliphatic rings. The van der Waals surface area contributed by atoms with E-state index in [2.05, 4.69) is 15.0 Å². The second-order valence-corrected chi connectivity index (χ2v) is 5.26. The van der Waals surface area contributed by atoms with Crippen molar-refractivity contribution >= 4 is 28.6 Å². The fourth-order valence-electron chi connectivity index (χ4n) is 1.54. The monoisotopic (exact) mass is 288 g/mol. The molecule has 0 spiro atoms. The minimum absolute atomic E-state index is 0.237. The van der Waals surface area contributed by atoms with Crippen molar-refractivity contribution in [3.05, 3.63) is 40.2 Å². The number of hydrogen-bond donors (Lipinski definition) is 1. The average molecular weight is 288 g/mol. The summed E-state index contributed by atoms with van der Waals surface area (Å²) in [4.78, 5) is 24.0. The van der Waals surface area contributed by atoms with Crippen LogP contribution in [0.25, 0.3) is 22.1 Å². The topological polar surface area (TPSA) is 81.8 Å². The highest BCUT2D eigenvalue weighted by molar-refractivity contribution is 7.14. The second kappa shape index (κ2) is 4.87. The number of aromatic nitrogens is 3. The second-order valence-electron chi connectivity index (χ2n) is 3.68. The molecule has 3 aromatic rings. The Labute approximate surface area is 116 Å². The smallest absolute Gasteiger partial charge is 0.267 e. The van der Waals surface area contributed by atoms with Crippen molar-refractivity contribution in [3.63, 3.8) is 0 Å². The molecule has 0 atom stereocenters. The number of nitrogens with two attached hydrogens (primary N) is 1. The van der Waals surface area contributed by atoms with Crippen molar-refractivity contribution < 1.29 is 4.79 Å². The van der Waals surface area contributed by atoms with Crippen LogP contribution in [0.3, 0.4) is 0 Å². The van der Waals surface area contributed by atoms with Crippen LogP contribution in [0.2, 0.25) is 0 Å². The van der Waals surface area contributed by atoms with E-state index in [0.717, 1.165) is 16.4 Å². The van der Waals surface area contributed by atoms with Crippen LogP contribution in [0.5, 0.6) is 0 Å². The van der Waals surface area contributed by atoms with Crippen LogP contribution in [-0.4, -0.2) is 20.9 Å². The number of hydrogen-bond acceptors (Lipinski definition) is 6. The van der Waals surface area contributed by atoms with Crippen molar-refractivity contribution in [3.8, 4) is 22.1 Å². The van der Waals surface area contributed by atoms with Gasteiger partial charge in [-0.15, -0.1) is 22.7 Å². The van der Waals surface area contributed by atoms with Crippen LogP contribution in [0.15, 0.2) is 34.5 Å². The molecular formula is C12H8N4OS2. The maximum absolute atomic E-state index is 11.1. The summed E-state index contributed by atoms with van der Waals surface area (Å²) in [7, 11) is 0. The van der Waals surface area contributed by atoms with Gasteiger partial charge in [0.2, 0.25) is 0 Å². The number of rotatable bonds is 3. The molecule has 0 aromatic carbocycles. The van der Waals surface area contributed by atoms with Gasteiger partial charge in [0.15, 0.2) is 0 Å². The molecular weight excluding hydrogens is 280 g/mol. The van der Waals surface area contributed by atoms with Crippen LogP contribution in [0.1, 0.15) is 10.5 Å². The molecule has 5 nitrogen and oxygen atoms in total. The maximum atomic E-state index is 11.1. The Morgan fingerprint density at radius 1 is 1.11 bits per heavy atom. The van der Waals surface area contributed by atoms with Gasteiger partial charge in [-0.05, 0) is 12.1 Å². The maximum Gasteiger partial charge on any atom is 0.267 e. The van der Waals surface area contributed by atoms with Gasteiger partial charge < -0.3 is 5.73 Å². The minimum Gasteiger partial charge on any atom is -0.364 e. The average Bonchev–Trinajstić information content (AvgIpc) is 3.09. The van der Waals surface area contributed by atoms with E-state index in [0.29, 0.717) is 5.69 Å². The quantitative estimate of drug-likeness (QED) is 0.802. The molecule has 0 saturated heterocycles. The predicted molar refractivity (Wildman–Crippen MR) is 75.0 cm³/mol. The Kier molecular flexibility index (Phi) is 3.06. The van der Waals surface area contributed by atoms with Crippen molar-refractivity contribution in [2.75, 3.05) is 0 Å². The largest absolute Gasteiger partial charge is 0.364 e. The van der Waals surface area contributed by atoms with E-state index in [1.807, 2.05) is 10.8 Å². The molecule has 0 bridgehead atoms. The Bertz CT molecular complexity index is 721. The first-order chi connectivity index (χ1) is 9.24. The van der Waals surface area contributed by atoms with Gasteiger partial charge in [-0.2, -0.15) is 0 Å². The first kappa shape index (κ1) is 11.9. The van der Waals surface area contributed by atoms with Crippen molar-refractivity contribution in [2.45, 2.75) is 0 Å². The van der Waals surface area contributed by atoms with Crippen molar-refractivity contribution in [1.82, 2.24) is 15.0 Å². The lowest BCUT2D eigenvalue weighted by atomic mass is 10.2. The lowest BCUT2D eigenvalue weighted by molar-refractivity contribution is 0.0995. The van der Waals surface area contributed by atoms with Crippen LogP contribution in [0.4, 0.5) is 0 Å². The molecule has 0 aliphatic carbocycles. The van der Waals surface area contributed by atoms with E-state index >= 15 is 0 Å². The third-order valence-corrected chi connectivity index (χ3v) is 3.87. The normalized spacial score (nSPS) is 10.5. The number of primary amides is 1. The number of amides is 1. The van der Waals surface area contributed by atoms with E-state index in [4.69, 9.17) is 5.73 Å². The predicted octanol–water partition coefficient (Wildman–Crippen LogP) is 2.43. The summed E-state index contributed by atoms with van der Waals surface area (Å²) in [5, 5.41) is 4.67. The summed E-state index contributed by atoms with van der Waals surface area (Å²) < 4.78 is 0. The highest BCUT2D eigenvalue weighted by Gasteiger charge is 2.10. The lowest BCUT2D eigenvalue weighted by Crippen LogP contribution is -2.13. The molecule has 19 heavy (non-hydrogen) atoms. The highest BCUT2D eigenvalue weighted by Crippen LogP contribution is 2.27. The third-order valence-electron chi connectivity index (χ3n) is 2.42. The SMILES string of the molecule is NC(=O)c1cccc(-c2csc(-c3cscn3)n2)n1. The highest BCUT2D eigenvalue weighted by atomic mass is 32.1. The minimum atomic E-state index is -0.545. The third kappa shape index (κ3) is 2.38. The summed E-state index contributed by atoms with van der Waals surface area (Å²) in [6, 6.07) is 5.12. The number of carbonyl (C=O) groups excluding carboxylic acids is 1. The zero-order chi connectivity index (χ0) is 13.2. The molecule has 0 radical (unpaired) electrons. The molecule has 7 heteroatoms. The number of carbonyl (C=O) groups is 1. The van der Waals surface area contributed by atoms with Gasteiger partial charge in [0, 0.05) is 10.8 Å². The summed E-state index contributed by atoms with van der Waals surface area (Å²) in [6.45, 7) is 0. The molecule has 0 fully saturated rings. The Hall–Kier alpha value is -2.12. The van der Waals surface area contributed by atoms with Crippen LogP contribution in [0, 0.1) is 0 Å². The standard InChI is InChI=1S/C12H8N4OS2/c13-11(17)8-3-1-2-7(15-8)9-5-19-12(16-9)10-4-18-6-14-10/h1-6H,(H2,13,17). The first-order valence-corrected chi connectivity index (χ1v) is 7.17. The number of pyridine rings is 1. The van der Waals surface area contributed by atoms with Crippen molar-refractivity contribution in [2.24, 2.45) is 5.73 Å². The molecule has 2 N–H and O–H groups in total. The van der Waals surface area contributed by atoms with E-state index in [9.17, 15) is 4.79 Å². The molecule has 3 aromatic heterocycles. The van der Waals surface area contributed by atoms with E-state index in [1.165, 1.54) is 22.7 Å². The Morgan fingerprint density at radius 2 is 2.00 bits per heavy atom. The molecule has 94 valence electrons. The fraction of sp³-hybridized carbons (Fsp3) is 0. The fourth-order valence-corrected chi connectivity index (χ4v) is 2.93. The molecule has 3 rings (SSSR count).